The van der Waals surface area contributed by atoms with Gasteiger partial charge in [0.2, 0.25) is 0 Å². The zero-order valence-electron chi connectivity index (χ0n) is 13.6. The standard InChI is InChI=1S/C16H18N6O2/c1-23-11-5-6-12(14(10-11)24-2)13-4-3-9-21(13)16-8-7-15-17-19-20-22(15)18-16/h5-8,10,13H,3-4,9H2,1-2H3/t13-/m0/s1. The van der Waals surface area contributed by atoms with E-state index in [1.54, 1.807) is 14.2 Å². The Bertz CT molecular complexity index is 865. The molecule has 3 aromatic rings. The van der Waals surface area contributed by atoms with Gasteiger partial charge in [-0.15, -0.1) is 14.8 Å². The van der Waals surface area contributed by atoms with E-state index in [1.165, 1.54) is 4.63 Å². The summed E-state index contributed by atoms with van der Waals surface area (Å²) in [7, 11) is 3.34. The van der Waals surface area contributed by atoms with Gasteiger partial charge in [-0.05, 0) is 47.5 Å². The third kappa shape index (κ3) is 2.40. The van der Waals surface area contributed by atoms with E-state index in [-0.39, 0.29) is 6.04 Å². The lowest BCUT2D eigenvalue weighted by Crippen LogP contribution is -2.24. The SMILES string of the molecule is COc1ccc([C@@H]2CCCN2c2ccc3nnnn3n2)c(OC)c1. The lowest BCUT2D eigenvalue weighted by Gasteiger charge is -2.27. The van der Waals surface area contributed by atoms with E-state index < -0.39 is 0 Å². The summed E-state index contributed by atoms with van der Waals surface area (Å²) in [5.74, 6) is 2.47. The molecule has 124 valence electrons. The van der Waals surface area contributed by atoms with Crippen molar-refractivity contribution >= 4 is 11.5 Å². The topological polar surface area (TPSA) is 77.7 Å². The fraction of sp³-hybridized carbons (Fsp3) is 0.375. The molecule has 0 unspecified atom stereocenters. The van der Waals surface area contributed by atoms with Gasteiger partial charge in [0.1, 0.15) is 11.5 Å². The summed E-state index contributed by atoms with van der Waals surface area (Å²) in [5.41, 5.74) is 1.77. The Morgan fingerprint density at radius 2 is 2.04 bits per heavy atom. The quantitative estimate of drug-likeness (QED) is 0.724. The third-order valence-corrected chi connectivity index (χ3v) is 4.40. The highest BCUT2D eigenvalue weighted by Crippen LogP contribution is 2.40. The summed E-state index contributed by atoms with van der Waals surface area (Å²) in [6.07, 6.45) is 2.13. The molecule has 2 aromatic heterocycles. The predicted octanol–water partition coefficient (Wildman–Crippen LogP) is 1.88. The molecule has 24 heavy (non-hydrogen) atoms. The van der Waals surface area contributed by atoms with Gasteiger partial charge in [-0.3, -0.25) is 0 Å². The highest BCUT2D eigenvalue weighted by atomic mass is 16.5. The van der Waals surface area contributed by atoms with E-state index in [1.807, 2.05) is 24.3 Å². The lowest BCUT2D eigenvalue weighted by molar-refractivity contribution is 0.388. The summed E-state index contributed by atoms with van der Waals surface area (Å²) >= 11 is 0. The van der Waals surface area contributed by atoms with E-state index in [9.17, 15) is 0 Å². The third-order valence-electron chi connectivity index (χ3n) is 4.40. The number of nitrogens with zero attached hydrogens (tertiary/aromatic N) is 6. The van der Waals surface area contributed by atoms with Gasteiger partial charge in [-0.2, -0.15) is 0 Å². The molecule has 0 bridgehead atoms. The van der Waals surface area contributed by atoms with Crippen molar-refractivity contribution in [1.82, 2.24) is 25.3 Å². The molecule has 1 atom stereocenters. The van der Waals surface area contributed by atoms with Crippen LogP contribution in [0.25, 0.3) is 5.65 Å². The second-order valence-electron chi connectivity index (χ2n) is 5.68. The second-order valence-corrected chi connectivity index (χ2v) is 5.68. The maximum atomic E-state index is 5.58. The van der Waals surface area contributed by atoms with Gasteiger partial charge in [-0.1, -0.05) is 0 Å². The molecule has 8 nitrogen and oxygen atoms in total. The first-order valence-electron chi connectivity index (χ1n) is 7.84. The maximum Gasteiger partial charge on any atom is 0.200 e. The molecule has 1 saturated heterocycles. The van der Waals surface area contributed by atoms with Crippen LogP contribution in [0, 0.1) is 0 Å². The number of anilines is 1. The van der Waals surface area contributed by atoms with Gasteiger partial charge in [0.05, 0.1) is 20.3 Å². The van der Waals surface area contributed by atoms with Crippen molar-refractivity contribution in [3.05, 3.63) is 35.9 Å². The van der Waals surface area contributed by atoms with E-state index in [0.717, 1.165) is 42.3 Å². The largest absolute Gasteiger partial charge is 0.497 e. The van der Waals surface area contributed by atoms with Gasteiger partial charge < -0.3 is 14.4 Å². The number of hydrogen-bond acceptors (Lipinski definition) is 7. The van der Waals surface area contributed by atoms with Gasteiger partial charge in [0.15, 0.2) is 11.5 Å². The first-order chi connectivity index (χ1) is 11.8. The Morgan fingerprint density at radius 1 is 1.12 bits per heavy atom. The van der Waals surface area contributed by atoms with Crippen molar-refractivity contribution in [3.63, 3.8) is 0 Å². The van der Waals surface area contributed by atoms with E-state index in [4.69, 9.17) is 9.47 Å². The van der Waals surface area contributed by atoms with Crippen LogP contribution in [0.5, 0.6) is 11.5 Å². The molecule has 4 rings (SSSR count). The number of fused-ring (bicyclic) bond motifs is 1. The van der Waals surface area contributed by atoms with Gasteiger partial charge in [-0.25, -0.2) is 0 Å². The van der Waals surface area contributed by atoms with Crippen LogP contribution in [0.4, 0.5) is 5.82 Å². The van der Waals surface area contributed by atoms with Crippen LogP contribution < -0.4 is 14.4 Å². The first kappa shape index (κ1) is 14.7. The monoisotopic (exact) mass is 326 g/mol. The molecular weight excluding hydrogens is 308 g/mol. The predicted molar refractivity (Wildman–Crippen MR) is 87.4 cm³/mol. The Kier molecular flexibility index (Phi) is 3.64. The van der Waals surface area contributed by atoms with Crippen molar-refractivity contribution in [1.29, 1.82) is 0 Å². The number of rotatable bonds is 4. The summed E-state index contributed by atoms with van der Waals surface area (Å²) < 4.78 is 12.3. The minimum Gasteiger partial charge on any atom is -0.497 e. The van der Waals surface area contributed by atoms with Gasteiger partial charge in [0, 0.05) is 18.2 Å². The highest BCUT2D eigenvalue weighted by Gasteiger charge is 2.30. The molecule has 1 fully saturated rings. The summed E-state index contributed by atoms with van der Waals surface area (Å²) in [5, 5.41) is 15.9. The van der Waals surface area contributed by atoms with Crippen LogP contribution in [0.15, 0.2) is 30.3 Å². The van der Waals surface area contributed by atoms with Crippen LogP contribution in [0.2, 0.25) is 0 Å². The maximum absolute atomic E-state index is 5.58. The van der Waals surface area contributed by atoms with Crippen LogP contribution >= 0.6 is 0 Å². The second kappa shape index (κ2) is 5.95. The number of hydrogen-bond donors (Lipinski definition) is 0. The molecule has 1 aliphatic heterocycles. The number of ether oxygens (including phenoxy) is 2. The van der Waals surface area contributed by atoms with Gasteiger partial charge >= 0.3 is 0 Å². The molecule has 0 saturated carbocycles. The number of tetrazole rings is 1. The van der Waals surface area contributed by atoms with Crippen molar-refractivity contribution in [2.24, 2.45) is 0 Å². The number of benzene rings is 1. The Labute approximate surface area is 139 Å². The summed E-state index contributed by atoms with van der Waals surface area (Å²) in [4.78, 5) is 2.27. The normalized spacial score (nSPS) is 17.4. The lowest BCUT2D eigenvalue weighted by atomic mass is 10.0. The fourth-order valence-electron chi connectivity index (χ4n) is 3.25. The fourth-order valence-corrected chi connectivity index (χ4v) is 3.25. The smallest absolute Gasteiger partial charge is 0.200 e. The molecular formula is C16H18N6O2. The molecule has 1 aromatic carbocycles. The molecule has 0 spiro atoms. The van der Waals surface area contributed by atoms with Crippen LogP contribution in [-0.2, 0) is 0 Å². The number of aromatic nitrogens is 5. The first-order valence-corrected chi connectivity index (χ1v) is 7.84. The van der Waals surface area contributed by atoms with E-state index >= 15 is 0 Å². The van der Waals surface area contributed by atoms with Crippen LogP contribution in [0.1, 0.15) is 24.4 Å². The minimum absolute atomic E-state index is 0.201. The molecule has 0 amide bonds. The average Bonchev–Trinajstić information content (AvgIpc) is 3.29. The minimum atomic E-state index is 0.201. The van der Waals surface area contributed by atoms with Crippen LogP contribution in [0.3, 0.4) is 0 Å². The van der Waals surface area contributed by atoms with Crippen molar-refractivity contribution < 1.29 is 9.47 Å². The Morgan fingerprint density at radius 3 is 2.88 bits per heavy atom. The summed E-state index contributed by atoms with van der Waals surface area (Å²) in [6.45, 7) is 0.931. The molecule has 8 heteroatoms. The zero-order valence-corrected chi connectivity index (χ0v) is 13.6. The molecule has 3 heterocycles. The Hall–Kier alpha value is -2.90. The van der Waals surface area contributed by atoms with Gasteiger partial charge in [0.25, 0.3) is 0 Å². The van der Waals surface area contributed by atoms with Crippen molar-refractivity contribution in [2.75, 3.05) is 25.7 Å². The van der Waals surface area contributed by atoms with Crippen molar-refractivity contribution in [3.8, 4) is 11.5 Å². The van der Waals surface area contributed by atoms with Crippen molar-refractivity contribution in [2.45, 2.75) is 18.9 Å². The summed E-state index contributed by atoms with van der Waals surface area (Å²) in [6, 6.07) is 9.99. The Balaban J connectivity index is 1.72. The average molecular weight is 326 g/mol. The molecule has 1 aliphatic rings. The van der Waals surface area contributed by atoms with Crippen LogP contribution in [-0.4, -0.2) is 46.0 Å². The zero-order chi connectivity index (χ0) is 16.5. The molecule has 0 aliphatic carbocycles. The highest BCUT2D eigenvalue weighted by molar-refractivity contribution is 5.51. The molecule has 0 N–H and O–H groups in total. The van der Waals surface area contributed by atoms with E-state index in [2.05, 4.69) is 31.6 Å². The van der Waals surface area contributed by atoms with E-state index in [0.29, 0.717) is 5.65 Å². The molecule has 0 radical (unpaired) electrons. The number of methoxy groups -OCH3 is 2.